The molecule has 0 amide bonds. The molecule has 1 N–H and O–H groups in total. The molecule has 5 heteroatoms. The Morgan fingerprint density at radius 3 is 2.96 bits per heavy atom. The lowest BCUT2D eigenvalue weighted by Crippen LogP contribution is -2.37. The van der Waals surface area contributed by atoms with Gasteiger partial charge in [-0.05, 0) is 43.5 Å². The molecule has 1 aromatic heterocycles. The van der Waals surface area contributed by atoms with E-state index in [2.05, 4.69) is 42.3 Å². The van der Waals surface area contributed by atoms with Gasteiger partial charge >= 0.3 is 0 Å². The van der Waals surface area contributed by atoms with E-state index in [1.165, 1.54) is 21.6 Å². The van der Waals surface area contributed by atoms with Crippen LogP contribution in [-0.4, -0.2) is 18.0 Å². The first-order valence-electron chi connectivity index (χ1n) is 7.75. The molecule has 1 aliphatic heterocycles. The van der Waals surface area contributed by atoms with Gasteiger partial charge in [-0.25, -0.2) is 0 Å². The van der Waals surface area contributed by atoms with Crippen LogP contribution in [0.3, 0.4) is 0 Å². The molecule has 0 saturated carbocycles. The van der Waals surface area contributed by atoms with Gasteiger partial charge in [0.25, 0.3) is 0 Å². The lowest BCUT2D eigenvalue weighted by molar-refractivity contribution is 0.176. The van der Waals surface area contributed by atoms with Crippen LogP contribution in [0.2, 0.25) is 5.02 Å². The smallest absolute Gasteiger partial charge is 0.107 e. The van der Waals surface area contributed by atoms with Crippen LogP contribution in [0.5, 0.6) is 0 Å². The van der Waals surface area contributed by atoms with Gasteiger partial charge in [-0.15, -0.1) is 11.3 Å². The Labute approximate surface area is 146 Å². The van der Waals surface area contributed by atoms with Crippen molar-refractivity contribution in [2.24, 2.45) is 0 Å². The summed E-state index contributed by atoms with van der Waals surface area (Å²) in [6, 6.07) is 8.89. The van der Waals surface area contributed by atoms with Gasteiger partial charge < -0.3 is 5.32 Å². The largest absolute Gasteiger partial charge is 0.379 e. The molecule has 1 unspecified atom stereocenters. The third kappa shape index (κ3) is 3.10. The Hall–Kier alpha value is -1.54. The average Bonchev–Trinajstić information content (AvgIpc) is 2.87. The lowest BCUT2D eigenvalue weighted by Gasteiger charge is -2.34. The standard InChI is InChI=1S/C18H20ClN3S/c1-11-4-5-14(19)7-13(11)9-22-10-16-15(8-20)18(21-3)23-17(16)6-12(22)2/h4-5,7,12,21H,6,9-10H2,1-3H3. The summed E-state index contributed by atoms with van der Waals surface area (Å²) in [6.07, 6.45) is 0.996. The number of anilines is 1. The van der Waals surface area contributed by atoms with E-state index in [0.717, 1.165) is 35.1 Å². The average molecular weight is 346 g/mol. The third-order valence-corrected chi connectivity index (χ3v) is 6.09. The fraction of sp³-hybridized carbons (Fsp3) is 0.389. The molecule has 3 rings (SSSR count). The summed E-state index contributed by atoms with van der Waals surface area (Å²) in [4.78, 5) is 3.78. The van der Waals surface area contributed by atoms with Gasteiger partial charge in [0, 0.05) is 41.6 Å². The first-order valence-corrected chi connectivity index (χ1v) is 8.94. The highest BCUT2D eigenvalue weighted by atomic mass is 35.5. The summed E-state index contributed by atoms with van der Waals surface area (Å²) >= 11 is 7.88. The second kappa shape index (κ2) is 6.52. The molecule has 2 aromatic rings. The molecule has 0 fully saturated rings. The maximum atomic E-state index is 9.50. The van der Waals surface area contributed by atoms with Crippen molar-refractivity contribution < 1.29 is 0 Å². The van der Waals surface area contributed by atoms with E-state index in [1.54, 1.807) is 11.3 Å². The number of benzene rings is 1. The molecular weight excluding hydrogens is 326 g/mol. The molecular formula is C18H20ClN3S. The number of aryl methyl sites for hydroxylation is 1. The van der Waals surface area contributed by atoms with E-state index in [-0.39, 0.29) is 0 Å². The summed E-state index contributed by atoms with van der Waals surface area (Å²) < 4.78 is 0. The van der Waals surface area contributed by atoms with Crippen LogP contribution in [0, 0.1) is 18.3 Å². The Kier molecular flexibility index (Phi) is 4.63. The molecule has 0 saturated heterocycles. The van der Waals surface area contributed by atoms with Gasteiger partial charge in [-0.2, -0.15) is 5.26 Å². The fourth-order valence-corrected chi connectivity index (χ4v) is 4.56. The van der Waals surface area contributed by atoms with Crippen LogP contribution in [-0.2, 0) is 19.5 Å². The molecule has 0 spiro atoms. The maximum absolute atomic E-state index is 9.50. The zero-order valence-corrected chi connectivity index (χ0v) is 15.2. The van der Waals surface area contributed by atoms with Crippen molar-refractivity contribution in [2.45, 2.75) is 39.4 Å². The molecule has 0 bridgehead atoms. The normalized spacial score (nSPS) is 17.6. The van der Waals surface area contributed by atoms with Gasteiger partial charge in [0.1, 0.15) is 11.1 Å². The maximum Gasteiger partial charge on any atom is 0.107 e. The molecule has 23 heavy (non-hydrogen) atoms. The number of nitriles is 1. The minimum Gasteiger partial charge on any atom is -0.379 e. The molecule has 1 aliphatic rings. The molecule has 2 heterocycles. The van der Waals surface area contributed by atoms with Crippen LogP contribution >= 0.6 is 22.9 Å². The summed E-state index contributed by atoms with van der Waals surface area (Å²) in [7, 11) is 1.88. The van der Waals surface area contributed by atoms with Gasteiger partial charge in [0.2, 0.25) is 0 Å². The Balaban J connectivity index is 1.90. The number of hydrogen-bond donors (Lipinski definition) is 1. The summed E-state index contributed by atoms with van der Waals surface area (Å²) in [5, 5.41) is 14.4. The first kappa shape index (κ1) is 16.3. The lowest BCUT2D eigenvalue weighted by atomic mass is 9.98. The Morgan fingerprint density at radius 1 is 1.48 bits per heavy atom. The van der Waals surface area contributed by atoms with E-state index >= 15 is 0 Å². The van der Waals surface area contributed by atoms with Crippen molar-refractivity contribution >= 4 is 27.9 Å². The number of halogens is 1. The number of rotatable bonds is 3. The first-order chi connectivity index (χ1) is 11.0. The quantitative estimate of drug-likeness (QED) is 0.885. The molecule has 1 aromatic carbocycles. The number of hydrogen-bond acceptors (Lipinski definition) is 4. The minimum absolute atomic E-state index is 0.454. The third-order valence-electron chi connectivity index (χ3n) is 4.58. The molecule has 120 valence electrons. The second-order valence-corrected chi connectivity index (χ2v) is 7.64. The summed E-state index contributed by atoms with van der Waals surface area (Å²) in [5.74, 6) is 0. The monoisotopic (exact) mass is 345 g/mol. The topological polar surface area (TPSA) is 39.1 Å². The van der Waals surface area contributed by atoms with Crippen LogP contribution < -0.4 is 5.32 Å². The van der Waals surface area contributed by atoms with Gasteiger partial charge in [0.05, 0.1) is 5.56 Å². The Morgan fingerprint density at radius 2 is 2.26 bits per heavy atom. The predicted octanol–water partition coefficient (Wildman–Crippen LogP) is 4.57. The molecule has 0 aliphatic carbocycles. The van der Waals surface area contributed by atoms with Crippen LogP contribution in [0.25, 0.3) is 0 Å². The highest BCUT2D eigenvalue weighted by Crippen LogP contribution is 2.38. The number of fused-ring (bicyclic) bond motifs is 1. The van der Waals surface area contributed by atoms with Crippen LogP contribution in [0.15, 0.2) is 18.2 Å². The van der Waals surface area contributed by atoms with Crippen molar-refractivity contribution in [3.8, 4) is 6.07 Å². The van der Waals surface area contributed by atoms with Gasteiger partial charge in [-0.1, -0.05) is 17.7 Å². The van der Waals surface area contributed by atoms with Crippen molar-refractivity contribution in [1.82, 2.24) is 4.90 Å². The highest BCUT2D eigenvalue weighted by Gasteiger charge is 2.28. The fourth-order valence-electron chi connectivity index (χ4n) is 3.14. The molecule has 0 radical (unpaired) electrons. The van der Waals surface area contributed by atoms with E-state index in [9.17, 15) is 5.26 Å². The van der Waals surface area contributed by atoms with Crippen molar-refractivity contribution in [1.29, 1.82) is 5.26 Å². The van der Waals surface area contributed by atoms with E-state index in [1.807, 2.05) is 13.1 Å². The van der Waals surface area contributed by atoms with Gasteiger partial charge in [0.15, 0.2) is 0 Å². The van der Waals surface area contributed by atoms with Crippen molar-refractivity contribution in [2.75, 3.05) is 12.4 Å². The van der Waals surface area contributed by atoms with Crippen molar-refractivity contribution in [3.63, 3.8) is 0 Å². The zero-order valence-electron chi connectivity index (χ0n) is 13.6. The summed E-state index contributed by atoms with van der Waals surface area (Å²) in [5.41, 5.74) is 4.52. The van der Waals surface area contributed by atoms with Crippen molar-refractivity contribution in [3.05, 3.63) is 50.4 Å². The van der Waals surface area contributed by atoms with E-state index in [4.69, 9.17) is 11.6 Å². The van der Waals surface area contributed by atoms with E-state index in [0.29, 0.717) is 6.04 Å². The van der Waals surface area contributed by atoms with E-state index < -0.39 is 0 Å². The second-order valence-electron chi connectivity index (χ2n) is 6.10. The number of thiophene rings is 1. The summed E-state index contributed by atoms with van der Waals surface area (Å²) in [6.45, 7) is 6.07. The molecule has 1 atom stereocenters. The molecule has 3 nitrogen and oxygen atoms in total. The number of nitrogens with one attached hydrogen (secondary N) is 1. The predicted molar refractivity (Wildman–Crippen MR) is 97.2 cm³/mol. The minimum atomic E-state index is 0.454. The zero-order chi connectivity index (χ0) is 16.6. The number of nitrogens with zero attached hydrogens (tertiary/aromatic N) is 2. The van der Waals surface area contributed by atoms with Crippen LogP contribution in [0.4, 0.5) is 5.00 Å². The SMILES string of the molecule is CNc1sc2c(c1C#N)CN(Cc1cc(Cl)ccc1C)C(C)C2. The Bertz CT molecular complexity index is 775. The van der Waals surface area contributed by atoms with Crippen LogP contribution in [0.1, 0.15) is 34.1 Å². The van der Waals surface area contributed by atoms with Gasteiger partial charge in [-0.3, -0.25) is 4.90 Å². The highest BCUT2D eigenvalue weighted by molar-refractivity contribution is 7.16.